The third-order valence-electron chi connectivity index (χ3n) is 7.08. The van der Waals surface area contributed by atoms with Crippen molar-refractivity contribution >= 4 is 46.4 Å². The second-order valence-corrected chi connectivity index (χ2v) is 11.5. The van der Waals surface area contributed by atoms with Crippen LogP contribution in [0.1, 0.15) is 28.8 Å². The van der Waals surface area contributed by atoms with Crippen LogP contribution in [0.5, 0.6) is 0 Å². The van der Waals surface area contributed by atoms with Crippen LogP contribution >= 0.6 is 11.8 Å². The Balaban J connectivity index is 1.16. The molecule has 0 unspecified atom stereocenters. The number of likely N-dealkylation sites (tertiary alicyclic amines) is 2. The molecule has 0 aliphatic carbocycles. The van der Waals surface area contributed by atoms with Crippen LogP contribution in [0.15, 0.2) is 59.6 Å². The third-order valence-corrected chi connectivity index (χ3v) is 8.21. The molecule has 4 rings (SSSR count). The van der Waals surface area contributed by atoms with Gasteiger partial charge in [-0.05, 0) is 37.6 Å². The van der Waals surface area contributed by atoms with E-state index in [0.29, 0.717) is 43.6 Å². The number of amides is 3. The van der Waals surface area contributed by atoms with Crippen LogP contribution in [-0.2, 0) is 20.9 Å². The fourth-order valence-corrected chi connectivity index (χ4v) is 6.05. The van der Waals surface area contributed by atoms with Crippen molar-refractivity contribution in [3.8, 4) is 0 Å². The summed E-state index contributed by atoms with van der Waals surface area (Å²) in [7, 11) is 1.88. The number of nitrogens with zero attached hydrogens (tertiary/aromatic N) is 4. The number of likely N-dealkylation sites (N-methyl/N-ethyl adjacent to an activating group) is 1. The lowest BCUT2D eigenvalue weighted by molar-refractivity contribution is -0.384. The molecule has 0 aromatic heterocycles. The highest BCUT2D eigenvalue weighted by Gasteiger charge is 2.40. The molecule has 2 fully saturated rings. The Morgan fingerprint density at radius 3 is 2.53 bits per heavy atom. The summed E-state index contributed by atoms with van der Waals surface area (Å²) < 4.78 is 5.00. The molecule has 2 saturated heterocycles. The van der Waals surface area contributed by atoms with E-state index in [-0.39, 0.29) is 53.2 Å². The second kappa shape index (κ2) is 14.6. The number of nitro groups is 1. The molecule has 3 atom stereocenters. The maximum absolute atomic E-state index is 13.3. The van der Waals surface area contributed by atoms with E-state index < -0.39 is 16.9 Å². The molecule has 0 spiro atoms. The average Bonchev–Trinajstić information content (AvgIpc) is 3.61. The van der Waals surface area contributed by atoms with E-state index in [9.17, 15) is 29.3 Å². The SMILES string of the molecule is CN1C[C@@H](SC(=O)c2ccccc2)C[C@H]1C(=O)N1CC[C@H](NC(=O)CN=C(N)NC(=O)OCc2ccc([N+](=O)[O-])cc2)C1. The Morgan fingerprint density at radius 2 is 1.84 bits per heavy atom. The van der Waals surface area contributed by atoms with Gasteiger partial charge in [-0.25, -0.2) is 9.79 Å². The van der Waals surface area contributed by atoms with E-state index in [1.165, 1.54) is 36.0 Å². The molecular formula is C28H33N7O7S. The van der Waals surface area contributed by atoms with Gasteiger partial charge >= 0.3 is 6.09 Å². The number of nitro benzene ring substituents is 1. The number of rotatable bonds is 9. The average molecular weight is 612 g/mol. The summed E-state index contributed by atoms with van der Waals surface area (Å²) in [4.78, 5) is 67.9. The quantitative estimate of drug-likeness (QED) is 0.162. The fraction of sp³-hybridized carbons (Fsp3) is 0.393. The minimum Gasteiger partial charge on any atom is -0.444 e. The van der Waals surface area contributed by atoms with Gasteiger partial charge < -0.3 is 20.7 Å². The second-order valence-electron chi connectivity index (χ2n) is 10.2. The summed E-state index contributed by atoms with van der Waals surface area (Å²) in [6.07, 6.45) is 0.265. The zero-order chi connectivity index (χ0) is 30.9. The molecule has 2 aliphatic heterocycles. The molecule has 2 aromatic carbocycles. The number of hydrogen-bond acceptors (Lipinski definition) is 10. The first-order valence-electron chi connectivity index (χ1n) is 13.6. The van der Waals surface area contributed by atoms with Gasteiger partial charge in [0.25, 0.3) is 5.69 Å². The van der Waals surface area contributed by atoms with Crippen molar-refractivity contribution in [1.29, 1.82) is 0 Å². The highest BCUT2D eigenvalue weighted by molar-refractivity contribution is 8.14. The lowest BCUT2D eigenvalue weighted by Crippen LogP contribution is -2.45. The highest BCUT2D eigenvalue weighted by atomic mass is 32.2. The predicted molar refractivity (Wildman–Crippen MR) is 159 cm³/mol. The number of guanidine groups is 1. The summed E-state index contributed by atoms with van der Waals surface area (Å²) in [6.45, 7) is 1.02. The van der Waals surface area contributed by atoms with Crippen LogP contribution in [-0.4, -0.2) is 94.3 Å². The van der Waals surface area contributed by atoms with Crippen LogP contribution < -0.4 is 16.4 Å². The normalized spacial score (nSPS) is 20.4. The Morgan fingerprint density at radius 1 is 1.12 bits per heavy atom. The first-order valence-corrected chi connectivity index (χ1v) is 14.5. The fourth-order valence-electron chi connectivity index (χ4n) is 4.88. The van der Waals surface area contributed by atoms with Gasteiger partial charge in [-0.1, -0.05) is 42.1 Å². The first kappa shape index (κ1) is 31.4. The van der Waals surface area contributed by atoms with Crippen molar-refractivity contribution in [2.45, 2.75) is 36.8 Å². The number of aliphatic imine (C=N–C) groups is 1. The number of ether oxygens (including phenoxy) is 1. The Kier molecular flexibility index (Phi) is 10.7. The number of benzene rings is 2. The van der Waals surface area contributed by atoms with Gasteiger partial charge in [-0.15, -0.1) is 0 Å². The molecule has 4 N–H and O–H groups in total. The van der Waals surface area contributed by atoms with Crippen LogP contribution in [0, 0.1) is 10.1 Å². The highest BCUT2D eigenvalue weighted by Crippen LogP contribution is 2.30. The molecule has 3 amide bonds. The number of nitrogens with two attached hydrogens (primary N) is 1. The van der Waals surface area contributed by atoms with Crippen molar-refractivity contribution in [3.05, 3.63) is 75.8 Å². The molecule has 43 heavy (non-hydrogen) atoms. The van der Waals surface area contributed by atoms with Gasteiger partial charge in [0.1, 0.15) is 13.2 Å². The van der Waals surface area contributed by atoms with Crippen molar-refractivity contribution < 1.29 is 28.8 Å². The summed E-state index contributed by atoms with van der Waals surface area (Å²) in [5, 5.41) is 15.8. The van der Waals surface area contributed by atoms with E-state index >= 15 is 0 Å². The summed E-state index contributed by atoms with van der Waals surface area (Å²) >= 11 is 1.27. The number of nitrogens with one attached hydrogen (secondary N) is 2. The van der Waals surface area contributed by atoms with Gasteiger partial charge in [0.15, 0.2) is 5.96 Å². The van der Waals surface area contributed by atoms with Crippen LogP contribution in [0.4, 0.5) is 10.5 Å². The van der Waals surface area contributed by atoms with E-state index in [4.69, 9.17) is 10.5 Å². The van der Waals surface area contributed by atoms with Gasteiger partial charge in [-0.2, -0.15) is 0 Å². The number of non-ortho nitro benzene ring substituents is 1. The number of thioether (sulfide) groups is 1. The van der Waals surface area contributed by atoms with E-state index in [2.05, 4.69) is 15.6 Å². The Hall–Kier alpha value is -4.50. The third kappa shape index (κ3) is 8.99. The molecule has 0 bridgehead atoms. The summed E-state index contributed by atoms with van der Waals surface area (Å²) in [5.74, 6) is -0.750. The van der Waals surface area contributed by atoms with Crippen molar-refractivity contribution in [1.82, 2.24) is 20.4 Å². The molecule has 0 radical (unpaired) electrons. The van der Waals surface area contributed by atoms with Crippen molar-refractivity contribution in [2.24, 2.45) is 10.7 Å². The van der Waals surface area contributed by atoms with Crippen LogP contribution in [0.3, 0.4) is 0 Å². The number of hydrogen-bond donors (Lipinski definition) is 3. The molecule has 228 valence electrons. The van der Waals surface area contributed by atoms with E-state index in [0.717, 1.165) is 0 Å². The number of carbonyl (C=O) groups is 4. The molecular weight excluding hydrogens is 578 g/mol. The van der Waals surface area contributed by atoms with E-state index in [1.807, 2.05) is 30.1 Å². The number of alkyl carbamates (subject to hydrolysis) is 1. The summed E-state index contributed by atoms with van der Waals surface area (Å²) in [6, 6.07) is 14.0. The summed E-state index contributed by atoms with van der Waals surface area (Å²) in [5.41, 5.74) is 6.77. The zero-order valence-corrected chi connectivity index (χ0v) is 24.3. The number of carbonyl (C=O) groups excluding carboxylic acids is 4. The van der Waals surface area contributed by atoms with Crippen LogP contribution in [0.2, 0.25) is 0 Å². The molecule has 15 heteroatoms. The molecule has 2 heterocycles. The molecule has 2 aromatic rings. The molecule has 2 aliphatic rings. The van der Waals surface area contributed by atoms with Gasteiger partial charge in [0, 0.05) is 48.6 Å². The molecule has 14 nitrogen and oxygen atoms in total. The lowest BCUT2D eigenvalue weighted by atomic mass is 10.2. The van der Waals surface area contributed by atoms with Crippen molar-refractivity contribution in [3.63, 3.8) is 0 Å². The Labute approximate surface area is 252 Å². The lowest BCUT2D eigenvalue weighted by Gasteiger charge is -2.25. The monoisotopic (exact) mass is 611 g/mol. The maximum atomic E-state index is 13.3. The standard InChI is InChI=1S/C28H33N7O7S/c1-33-16-22(43-26(38)19-5-3-2-4-6-19)13-23(33)25(37)34-12-11-20(15-34)31-24(36)14-30-27(29)32-28(39)42-17-18-7-9-21(10-8-18)35(40)41/h2-10,20,22-23H,11-17H2,1H3,(H,31,36)(H3,29,30,32,39)/t20-,22-,23-/m0/s1. The van der Waals surface area contributed by atoms with Gasteiger partial charge in [-0.3, -0.25) is 34.7 Å². The van der Waals surface area contributed by atoms with Crippen LogP contribution in [0.25, 0.3) is 0 Å². The first-order chi connectivity index (χ1) is 20.6. The van der Waals surface area contributed by atoms with Crippen molar-refractivity contribution in [2.75, 3.05) is 33.2 Å². The topological polar surface area (TPSA) is 190 Å². The van der Waals surface area contributed by atoms with Gasteiger partial charge in [0.2, 0.25) is 16.9 Å². The minimum absolute atomic E-state index is 0.00585. The zero-order valence-electron chi connectivity index (χ0n) is 23.5. The predicted octanol–water partition coefficient (Wildman–Crippen LogP) is 1.50. The smallest absolute Gasteiger partial charge is 0.414 e. The molecule has 0 saturated carbocycles. The minimum atomic E-state index is -0.896. The maximum Gasteiger partial charge on any atom is 0.414 e. The van der Waals surface area contributed by atoms with Gasteiger partial charge in [0.05, 0.1) is 11.0 Å². The largest absolute Gasteiger partial charge is 0.444 e. The van der Waals surface area contributed by atoms with E-state index in [1.54, 1.807) is 17.0 Å². The Bertz CT molecular complexity index is 1370.